The minimum absolute atomic E-state index is 0.652. The van der Waals surface area contributed by atoms with Gasteiger partial charge in [0.1, 0.15) is 0 Å². The number of rotatable bonds is 3. The van der Waals surface area contributed by atoms with E-state index in [-0.39, 0.29) is 0 Å². The number of hydrogen-bond acceptors (Lipinski definition) is 1. The SMILES string of the molecule is N#Cc1ccc(-n2c3ccc(-n4c5ccccc5c5ccccc54)c4ccc5c(-n6c7ccccc7c7ccccc76)ccc2c5c43)cc1. The molecule has 0 aliphatic rings. The highest BCUT2D eigenvalue weighted by Crippen LogP contribution is 2.45. The molecule has 11 rings (SSSR count). The van der Waals surface area contributed by atoms with E-state index < -0.39 is 0 Å². The molecule has 0 spiro atoms. The van der Waals surface area contributed by atoms with E-state index in [1.807, 2.05) is 12.1 Å². The summed E-state index contributed by atoms with van der Waals surface area (Å²) in [7, 11) is 0. The largest absolute Gasteiger partial charge is 0.309 e. The van der Waals surface area contributed by atoms with Crippen LogP contribution in [0.4, 0.5) is 0 Å². The molecule has 0 radical (unpaired) electrons. The van der Waals surface area contributed by atoms with Gasteiger partial charge in [-0.15, -0.1) is 0 Å². The molecule has 0 aliphatic heterocycles. The monoisotopic (exact) mass is 622 g/mol. The van der Waals surface area contributed by atoms with Gasteiger partial charge in [-0.3, -0.25) is 0 Å². The predicted molar refractivity (Wildman–Crippen MR) is 203 cm³/mol. The third kappa shape index (κ3) is 3.41. The summed E-state index contributed by atoms with van der Waals surface area (Å²) < 4.78 is 7.21. The van der Waals surface area contributed by atoms with Crippen LogP contribution in [-0.2, 0) is 0 Å². The Hall–Kier alpha value is -6.83. The second kappa shape index (κ2) is 9.60. The van der Waals surface area contributed by atoms with Crippen molar-refractivity contribution in [3.05, 3.63) is 163 Å². The normalized spacial score (nSPS) is 12.1. The molecule has 0 amide bonds. The molecule has 0 unspecified atom stereocenters. The first-order valence-electron chi connectivity index (χ1n) is 16.6. The maximum absolute atomic E-state index is 9.56. The summed E-state index contributed by atoms with van der Waals surface area (Å²) in [6, 6.07) is 58.8. The van der Waals surface area contributed by atoms with Crippen LogP contribution in [0.5, 0.6) is 0 Å². The molecule has 0 aliphatic carbocycles. The summed E-state index contributed by atoms with van der Waals surface area (Å²) in [6.45, 7) is 0. The summed E-state index contributed by atoms with van der Waals surface area (Å²) >= 11 is 0. The minimum Gasteiger partial charge on any atom is -0.309 e. The molecule has 4 nitrogen and oxygen atoms in total. The van der Waals surface area contributed by atoms with Crippen LogP contribution in [0.3, 0.4) is 0 Å². The van der Waals surface area contributed by atoms with Gasteiger partial charge in [0, 0.05) is 48.8 Å². The first kappa shape index (κ1) is 26.3. The Morgan fingerprint density at radius 3 is 1.10 bits per heavy atom. The molecule has 49 heavy (non-hydrogen) atoms. The van der Waals surface area contributed by atoms with Gasteiger partial charge in [-0.1, -0.05) is 84.9 Å². The number of nitriles is 1. The van der Waals surface area contributed by atoms with Crippen LogP contribution in [0.1, 0.15) is 5.56 Å². The summed E-state index contributed by atoms with van der Waals surface area (Å²) in [4.78, 5) is 0. The minimum atomic E-state index is 0.652. The van der Waals surface area contributed by atoms with Crippen molar-refractivity contribution < 1.29 is 0 Å². The first-order valence-corrected chi connectivity index (χ1v) is 16.6. The van der Waals surface area contributed by atoms with E-state index in [9.17, 15) is 5.26 Å². The molecular weight excluding hydrogens is 597 g/mol. The van der Waals surface area contributed by atoms with Crippen molar-refractivity contribution in [1.29, 1.82) is 5.26 Å². The van der Waals surface area contributed by atoms with Crippen LogP contribution in [0, 0.1) is 11.3 Å². The average Bonchev–Trinajstić information content (AvgIpc) is 3.80. The van der Waals surface area contributed by atoms with Crippen molar-refractivity contribution in [3.63, 3.8) is 0 Å². The van der Waals surface area contributed by atoms with Gasteiger partial charge >= 0.3 is 0 Å². The summed E-state index contributed by atoms with van der Waals surface area (Å²) in [5.74, 6) is 0. The molecular formula is C45H26N4. The second-order valence-corrected chi connectivity index (χ2v) is 12.9. The lowest BCUT2D eigenvalue weighted by atomic mass is 9.99. The van der Waals surface area contributed by atoms with E-state index >= 15 is 0 Å². The van der Waals surface area contributed by atoms with E-state index in [0.29, 0.717) is 5.56 Å². The summed E-state index contributed by atoms with van der Waals surface area (Å²) in [6.07, 6.45) is 0. The fourth-order valence-corrected chi connectivity index (χ4v) is 8.44. The fourth-order valence-electron chi connectivity index (χ4n) is 8.44. The third-order valence-electron chi connectivity index (χ3n) is 10.4. The Morgan fingerprint density at radius 1 is 0.327 bits per heavy atom. The highest BCUT2D eigenvalue weighted by molar-refractivity contribution is 6.28. The quantitative estimate of drug-likeness (QED) is 0.181. The number of nitrogens with zero attached hydrogens (tertiary/aromatic N) is 4. The molecule has 0 saturated carbocycles. The predicted octanol–water partition coefficient (Wildman–Crippen LogP) is 11.4. The molecule has 3 heterocycles. The average molecular weight is 623 g/mol. The fraction of sp³-hybridized carbons (Fsp3) is 0. The van der Waals surface area contributed by atoms with Crippen LogP contribution in [-0.4, -0.2) is 13.7 Å². The van der Waals surface area contributed by atoms with Gasteiger partial charge in [-0.05, 0) is 72.8 Å². The summed E-state index contributed by atoms with van der Waals surface area (Å²) in [5, 5.41) is 19.4. The third-order valence-corrected chi connectivity index (χ3v) is 10.4. The number of benzene rings is 8. The lowest BCUT2D eigenvalue weighted by Crippen LogP contribution is -1.97. The van der Waals surface area contributed by atoms with Gasteiger partial charge in [0.05, 0.1) is 56.1 Å². The van der Waals surface area contributed by atoms with Gasteiger partial charge in [0.25, 0.3) is 0 Å². The lowest BCUT2D eigenvalue weighted by molar-refractivity contribution is 1.17. The Bertz CT molecular complexity index is 2870. The lowest BCUT2D eigenvalue weighted by Gasteiger charge is -2.15. The number of aromatic nitrogens is 3. The number of hydrogen-bond donors (Lipinski definition) is 0. The Labute approximate surface area is 280 Å². The maximum Gasteiger partial charge on any atom is 0.0991 e. The van der Waals surface area contributed by atoms with Gasteiger partial charge < -0.3 is 13.7 Å². The van der Waals surface area contributed by atoms with E-state index in [4.69, 9.17) is 0 Å². The van der Waals surface area contributed by atoms with Crippen LogP contribution in [0.2, 0.25) is 0 Å². The molecule has 0 saturated heterocycles. The van der Waals surface area contributed by atoms with Gasteiger partial charge in [0.2, 0.25) is 0 Å². The molecule has 3 aromatic heterocycles. The van der Waals surface area contributed by atoms with Gasteiger partial charge in [-0.2, -0.15) is 5.26 Å². The van der Waals surface area contributed by atoms with Crippen molar-refractivity contribution in [2.45, 2.75) is 0 Å². The van der Waals surface area contributed by atoms with Crippen molar-refractivity contribution in [2.24, 2.45) is 0 Å². The highest BCUT2D eigenvalue weighted by atomic mass is 15.0. The van der Waals surface area contributed by atoms with E-state index in [1.54, 1.807) is 0 Å². The molecule has 0 N–H and O–H groups in total. The second-order valence-electron chi connectivity index (χ2n) is 12.9. The van der Waals surface area contributed by atoms with Crippen molar-refractivity contribution in [3.8, 4) is 23.1 Å². The zero-order chi connectivity index (χ0) is 32.2. The highest BCUT2D eigenvalue weighted by Gasteiger charge is 2.23. The zero-order valence-corrected chi connectivity index (χ0v) is 26.3. The smallest absolute Gasteiger partial charge is 0.0991 e. The van der Waals surface area contributed by atoms with Crippen LogP contribution in [0.15, 0.2) is 158 Å². The number of fused-ring (bicyclic) bond motifs is 6. The standard InChI is InChI=1S/C45H26N4/c46-27-28-17-19-29(20-18-28)47-42-25-23-40(48-36-13-5-1-9-30(36)31-10-2-6-14-37(31)48)34-21-22-35-41(24-26-43(47)45(35)44(34)42)49-38-15-7-3-11-32(38)33-12-4-8-16-39(33)49/h1-26H. The van der Waals surface area contributed by atoms with Crippen LogP contribution >= 0.6 is 0 Å². The molecule has 11 aromatic rings. The first-order chi connectivity index (χ1) is 24.3. The molecule has 226 valence electrons. The van der Waals surface area contributed by atoms with Gasteiger partial charge in [0.15, 0.2) is 0 Å². The van der Waals surface area contributed by atoms with Crippen molar-refractivity contribution >= 4 is 76.2 Å². The van der Waals surface area contributed by atoms with E-state index in [2.05, 4.69) is 165 Å². The maximum atomic E-state index is 9.56. The summed E-state index contributed by atoms with van der Waals surface area (Å²) in [5.41, 5.74) is 11.1. The van der Waals surface area contributed by atoms with Crippen molar-refractivity contribution in [1.82, 2.24) is 13.7 Å². The Morgan fingerprint density at radius 2 is 0.714 bits per heavy atom. The topological polar surface area (TPSA) is 38.6 Å². The van der Waals surface area contributed by atoms with E-state index in [1.165, 1.54) is 65.2 Å². The van der Waals surface area contributed by atoms with Gasteiger partial charge in [-0.25, -0.2) is 0 Å². The molecule has 4 heteroatoms. The van der Waals surface area contributed by atoms with E-state index in [0.717, 1.165) is 28.1 Å². The molecule has 8 aromatic carbocycles. The molecule has 0 bridgehead atoms. The van der Waals surface area contributed by atoms with Crippen LogP contribution in [0.25, 0.3) is 93.3 Å². The molecule has 0 atom stereocenters. The Kier molecular flexibility index (Phi) is 5.15. The number of para-hydroxylation sites is 4. The molecule has 0 fully saturated rings. The zero-order valence-electron chi connectivity index (χ0n) is 26.3. The van der Waals surface area contributed by atoms with Crippen LogP contribution < -0.4 is 0 Å². The van der Waals surface area contributed by atoms with Crippen molar-refractivity contribution in [2.75, 3.05) is 0 Å². The Balaban J connectivity index is 1.30.